The number of allylic oxidation sites excluding steroid dienone is 15. The van der Waals surface area contributed by atoms with Crippen molar-refractivity contribution in [2.45, 2.75) is 238 Å². The number of rotatable bonds is 50. The predicted octanol–water partition coefficient (Wildman–Crippen LogP) is 16.4. The number of phosphoric ester groups is 1. The summed E-state index contributed by atoms with van der Waals surface area (Å²) in [7, 11) is 1.24. The number of aliphatic hydroxyl groups excluding tert-OH is 1. The fraction of sp³-hybridized carbons (Fsp3) is 0.717. The van der Waals surface area contributed by atoms with Gasteiger partial charge in [-0.1, -0.05) is 239 Å². The van der Waals surface area contributed by atoms with E-state index < -0.39 is 26.6 Å². The molecule has 0 aliphatic rings. The van der Waals surface area contributed by atoms with Gasteiger partial charge in [0.1, 0.15) is 13.2 Å². The fourth-order valence-corrected chi connectivity index (χ4v) is 8.35. The van der Waals surface area contributed by atoms with Crippen molar-refractivity contribution in [2.24, 2.45) is 0 Å². The molecule has 0 aromatic rings. The van der Waals surface area contributed by atoms with Crippen LogP contribution in [0.5, 0.6) is 0 Å². The number of hydrogen-bond acceptors (Lipinski definition) is 6. The minimum Gasteiger partial charge on any atom is -0.756 e. The van der Waals surface area contributed by atoms with Crippen molar-refractivity contribution in [1.29, 1.82) is 0 Å². The summed E-state index contributed by atoms with van der Waals surface area (Å²) in [6.45, 7) is 4.42. The van der Waals surface area contributed by atoms with Gasteiger partial charge in [0.2, 0.25) is 5.91 Å². The summed E-state index contributed by atoms with van der Waals surface area (Å²) in [5.41, 5.74) is 0. The first-order valence-electron chi connectivity index (χ1n) is 28.1. The van der Waals surface area contributed by atoms with Gasteiger partial charge in [0.25, 0.3) is 7.82 Å². The molecule has 0 aliphatic carbocycles. The summed E-state index contributed by atoms with van der Waals surface area (Å²) >= 11 is 0. The van der Waals surface area contributed by atoms with Crippen LogP contribution in [0.2, 0.25) is 0 Å². The summed E-state index contributed by atoms with van der Waals surface area (Å²) < 4.78 is 23.1. The Balaban J connectivity index is 3.86. The van der Waals surface area contributed by atoms with E-state index in [9.17, 15) is 19.4 Å². The monoisotopic (exact) mass is 983 g/mol. The van der Waals surface area contributed by atoms with Crippen molar-refractivity contribution >= 4 is 13.7 Å². The summed E-state index contributed by atoms with van der Waals surface area (Å²) in [5, 5.41) is 13.7. The van der Waals surface area contributed by atoms with Crippen molar-refractivity contribution in [3.05, 3.63) is 97.2 Å². The molecule has 8 nitrogen and oxygen atoms in total. The topological polar surface area (TPSA) is 108 Å². The minimum absolute atomic E-state index is 0.00880. The molecule has 0 spiro atoms. The smallest absolute Gasteiger partial charge is 0.268 e. The highest BCUT2D eigenvalue weighted by atomic mass is 31.2. The lowest BCUT2D eigenvalue weighted by Crippen LogP contribution is -2.45. The number of amides is 1. The van der Waals surface area contributed by atoms with Gasteiger partial charge in [0.15, 0.2) is 0 Å². The number of unbranched alkanes of at least 4 members (excludes halogenated alkanes) is 23. The van der Waals surface area contributed by atoms with E-state index in [1.165, 1.54) is 128 Å². The summed E-state index contributed by atoms with van der Waals surface area (Å²) in [6, 6.07) is -0.903. The van der Waals surface area contributed by atoms with E-state index >= 15 is 0 Å². The molecular weight excluding hydrogens is 876 g/mol. The molecule has 2 N–H and O–H groups in total. The van der Waals surface area contributed by atoms with Crippen LogP contribution in [0, 0.1) is 0 Å². The lowest BCUT2D eigenvalue weighted by molar-refractivity contribution is -0.870. The Kier molecular flexibility index (Phi) is 48.5. The van der Waals surface area contributed by atoms with Gasteiger partial charge < -0.3 is 28.8 Å². The van der Waals surface area contributed by atoms with Gasteiger partial charge in [-0.25, -0.2) is 0 Å². The Bertz CT molecular complexity index is 1440. The molecule has 0 saturated carbocycles. The first-order chi connectivity index (χ1) is 33.5. The highest BCUT2D eigenvalue weighted by Gasteiger charge is 2.23. The molecule has 0 aromatic heterocycles. The lowest BCUT2D eigenvalue weighted by Gasteiger charge is -2.29. The van der Waals surface area contributed by atoms with Crippen LogP contribution in [0.1, 0.15) is 226 Å². The minimum atomic E-state index is -4.59. The SMILES string of the molecule is CC/C=C\C/C=C\C/C=C\C/C=C\C/C=C\C/C=C\CCCCCCCCCCCCCCCCCCCCCCC(=O)NC(COP(=O)([O-])OCC[N+](C)(C)C)C(O)/C=C/CC/C=C/CCCC. The van der Waals surface area contributed by atoms with Crippen LogP contribution >= 0.6 is 7.82 Å². The standard InChI is InChI=1S/C60H107N2O6P/c1-6-8-10-12-14-16-17-18-19-20-21-22-23-24-25-26-27-28-29-30-31-32-33-34-35-36-37-38-39-40-41-42-43-44-45-46-48-50-52-54-60(64)61-58(57-68-69(65,66)67-56-55-62(3,4)5)59(63)53-51-49-47-15-13-11-9-7-2/h8,10,13-16,18-19,21-22,24-25,27-28,51,53,58-59,63H,6-7,9,11-12,17,20,23,26,29-50,52,54-57H2,1-5H3,(H-,61,64,65,66)/b10-8-,15-13+,16-14-,19-18-,22-21-,25-24-,28-27-,53-51+. The predicted molar refractivity (Wildman–Crippen MR) is 297 cm³/mol. The maximum atomic E-state index is 12.9. The molecule has 3 atom stereocenters. The number of phosphoric acid groups is 1. The van der Waals surface area contributed by atoms with E-state index in [1.807, 2.05) is 27.2 Å². The molecule has 0 saturated heterocycles. The average Bonchev–Trinajstić information content (AvgIpc) is 3.31. The van der Waals surface area contributed by atoms with Crippen LogP contribution in [0.15, 0.2) is 97.2 Å². The van der Waals surface area contributed by atoms with Crippen LogP contribution in [0.3, 0.4) is 0 Å². The average molecular weight is 983 g/mol. The first-order valence-corrected chi connectivity index (χ1v) is 29.6. The zero-order valence-electron chi connectivity index (χ0n) is 45.2. The van der Waals surface area contributed by atoms with Gasteiger partial charge >= 0.3 is 0 Å². The molecule has 0 fully saturated rings. The van der Waals surface area contributed by atoms with Crippen LogP contribution in [-0.2, 0) is 18.4 Å². The van der Waals surface area contributed by atoms with Gasteiger partial charge in [-0.15, -0.1) is 0 Å². The second kappa shape index (κ2) is 50.4. The second-order valence-corrected chi connectivity index (χ2v) is 21.3. The summed E-state index contributed by atoms with van der Waals surface area (Å²) in [4.78, 5) is 25.3. The fourth-order valence-electron chi connectivity index (χ4n) is 7.63. The molecule has 3 unspecified atom stereocenters. The van der Waals surface area contributed by atoms with Gasteiger partial charge in [0, 0.05) is 6.42 Å². The third-order valence-electron chi connectivity index (χ3n) is 12.0. The van der Waals surface area contributed by atoms with Crippen molar-refractivity contribution in [1.82, 2.24) is 5.32 Å². The van der Waals surface area contributed by atoms with E-state index in [-0.39, 0.29) is 12.5 Å². The summed E-state index contributed by atoms with van der Waals surface area (Å²) in [5.74, 6) is -0.212. The number of nitrogens with zero attached hydrogens (tertiary/aromatic N) is 1. The van der Waals surface area contributed by atoms with Crippen molar-refractivity contribution < 1.29 is 32.9 Å². The van der Waals surface area contributed by atoms with Crippen molar-refractivity contribution in [3.8, 4) is 0 Å². The molecule has 0 aliphatic heterocycles. The normalized spacial score (nSPS) is 14.7. The Morgan fingerprint density at radius 3 is 1.35 bits per heavy atom. The molecule has 69 heavy (non-hydrogen) atoms. The largest absolute Gasteiger partial charge is 0.756 e. The number of aliphatic hydroxyl groups is 1. The second-order valence-electron chi connectivity index (χ2n) is 19.9. The van der Waals surface area contributed by atoms with Crippen molar-refractivity contribution in [2.75, 3.05) is 40.9 Å². The summed E-state index contributed by atoms with van der Waals surface area (Å²) in [6.07, 6.45) is 72.5. The molecule has 0 aromatic carbocycles. The third kappa shape index (κ3) is 53.1. The van der Waals surface area contributed by atoms with E-state index in [0.29, 0.717) is 17.4 Å². The Morgan fingerprint density at radius 2 is 0.899 bits per heavy atom. The molecule has 398 valence electrons. The quantitative estimate of drug-likeness (QED) is 0.0272. The zero-order chi connectivity index (χ0) is 50.6. The van der Waals surface area contributed by atoms with Crippen molar-refractivity contribution in [3.63, 3.8) is 0 Å². The first kappa shape index (κ1) is 66.4. The maximum absolute atomic E-state index is 12.9. The van der Waals surface area contributed by atoms with E-state index in [0.717, 1.165) is 77.0 Å². The number of likely N-dealkylation sites (N-methyl/N-ethyl adjacent to an activating group) is 1. The number of hydrogen-bond donors (Lipinski definition) is 2. The number of nitrogens with one attached hydrogen (secondary N) is 1. The van der Waals surface area contributed by atoms with Gasteiger partial charge in [-0.2, -0.15) is 0 Å². The van der Waals surface area contributed by atoms with Gasteiger partial charge in [0.05, 0.1) is 39.9 Å². The molecule has 1 amide bonds. The Hall–Kier alpha value is -2.58. The highest BCUT2D eigenvalue weighted by Crippen LogP contribution is 2.38. The number of carbonyl (C=O) groups excluding carboxylic acids is 1. The molecule has 0 bridgehead atoms. The molecule has 0 rings (SSSR count). The van der Waals surface area contributed by atoms with Gasteiger partial charge in [-0.3, -0.25) is 9.36 Å². The van der Waals surface area contributed by atoms with E-state index in [4.69, 9.17) is 9.05 Å². The Morgan fingerprint density at radius 1 is 0.522 bits per heavy atom. The maximum Gasteiger partial charge on any atom is 0.268 e. The lowest BCUT2D eigenvalue weighted by atomic mass is 10.0. The van der Waals surface area contributed by atoms with Crippen LogP contribution in [0.25, 0.3) is 0 Å². The molecule has 0 heterocycles. The third-order valence-corrected chi connectivity index (χ3v) is 13.0. The van der Waals surface area contributed by atoms with Crippen LogP contribution in [0.4, 0.5) is 0 Å². The van der Waals surface area contributed by atoms with Crippen LogP contribution in [-0.4, -0.2) is 68.5 Å². The number of quaternary nitrogens is 1. The van der Waals surface area contributed by atoms with Crippen LogP contribution < -0.4 is 10.2 Å². The highest BCUT2D eigenvalue weighted by molar-refractivity contribution is 7.45. The van der Waals surface area contributed by atoms with E-state index in [2.05, 4.69) is 104 Å². The molecular formula is C60H107N2O6P. The Labute approximate surface area is 426 Å². The molecule has 9 heteroatoms. The van der Waals surface area contributed by atoms with E-state index in [1.54, 1.807) is 6.08 Å². The molecule has 0 radical (unpaired) electrons. The number of carbonyl (C=O) groups is 1. The van der Waals surface area contributed by atoms with Gasteiger partial charge in [-0.05, 0) is 77.0 Å². The zero-order valence-corrected chi connectivity index (χ0v) is 46.1.